The van der Waals surface area contributed by atoms with Crippen LogP contribution in [0.15, 0.2) is 35.4 Å². The van der Waals surface area contributed by atoms with Gasteiger partial charge in [0.25, 0.3) is 0 Å². The van der Waals surface area contributed by atoms with Crippen molar-refractivity contribution in [2.75, 3.05) is 17.2 Å². The van der Waals surface area contributed by atoms with Crippen LogP contribution >= 0.6 is 11.8 Å². The van der Waals surface area contributed by atoms with Crippen molar-refractivity contribution in [2.45, 2.75) is 30.0 Å². The molecule has 1 aliphatic heterocycles. The van der Waals surface area contributed by atoms with E-state index in [0.717, 1.165) is 18.5 Å². The zero-order valence-electron chi connectivity index (χ0n) is 14.3. The van der Waals surface area contributed by atoms with E-state index in [1.54, 1.807) is 11.8 Å². The number of fused-ring (bicyclic) bond motifs is 1. The van der Waals surface area contributed by atoms with Crippen LogP contribution in [0, 0.1) is 22.7 Å². The third kappa shape index (κ3) is 3.35. The lowest BCUT2D eigenvalue weighted by Crippen LogP contribution is -2.40. The fraction of sp³-hybridized carbons (Fsp3) is 0.263. The lowest BCUT2D eigenvalue weighted by molar-refractivity contribution is -0.117. The van der Waals surface area contributed by atoms with E-state index in [1.165, 1.54) is 23.4 Å². The average molecular weight is 363 g/mol. The van der Waals surface area contributed by atoms with E-state index >= 15 is 0 Å². The summed E-state index contributed by atoms with van der Waals surface area (Å²) in [4.78, 5) is 18.9. The molecule has 26 heavy (non-hydrogen) atoms. The number of aromatic nitrogens is 1. The molecule has 130 valence electrons. The minimum Gasteiger partial charge on any atom is -0.383 e. The number of para-hydroxylation sites is 1. The van der Waals surface area contributed by atoms with Crippen LogP contribution in [0.5, 0.6) is 0 Å². The molecule has 0 aliphatic carbocycles. The number of hydrogen-bond donors (Lipinski definition) is 1. The zero-order valence-corrected chi connectivity index (χ0v) is 15.1. The molecule has 0 spiro atoms. The minimum atomic E-state index is -0.437. The number of nitrogens with zero attached hydrogens (tertiary/aromatic N) is 4. The molecule has 0 saturated heterocycles. The van der Waals surface area contributed by atoms with Gasteiger partial charge in [-0.25, -0.2) is 4.98 Å². The lowest BCUT2D eigenvalue weighted by atomic mass is 10.0. The van der Waals surface area contributed by atoms with Crippen molar-refractivity contribution in [1.29, 1.82) is 10.5 Å². The Morgan fingerprint density at radius 1 is 1.31 bits per heavy atom. The fourth-order valence-electron chi connectivity index (χ4n) is 2.97. The molecule has 2 heterocycles. The number of carbonyl (C=O) groups is 1. The molecule has 1 amide bonds. The summed E-state index contributed by atoms with van der Waals surface area (Å²) in [6, 6.07) is 13.3. The summed E-state index contributed by atoms with van der Waals surface area (Å²) in [5.74, 6) is 0.0349. The smallest absolute Gasteiger partial charge is 0.240 e. The Balaban J connectivity index is 1.85. The summed E-state index contributed by atoms with van der Waals surface area (Å²) in [6.07, 6.45) is 1.89. The molecule has 3 rings (SSSR count). The topological polar surface area (TPSA) is 107 Å². The van der Waals surface area contributed by atoms with Gasteiger partial charge in [-0.2, -0.15) is 10.5 Å². The van der Waals surface area contributed by atoms with Crippen LogP contribution in [0.25, 0.3) is 0 Å². The average Bonchev–Trinajstić information content (AvgIpc) is 2.67. The van der Waals surface area contributed by atoms with Crippen LogP contribution in [0.4, 0.5) is 11.5 Å². The zero-order chi connectivity index (χ0) is 18.7. The molecule has 0 fully saturated rings. The lowest BCUT2D eigenvalue weighted by Gasteiger charge is -2.31. The Labute approximate surface area is 156 Å². The first-order valence-electron chi connectivity index (χ1n) is 8.21. The Morgan fingerprint density at radius 3 is 2.77 bits per heavy atom. The number of nitrogens with two attached hydrogens (primary N) is 1. The molecule has 0 bridgehead atoms. The largest absolute Gasteiger partial charge is 0.383 e. The van der Waals surface area contributed by atoms with Gasteiger partial charge in [-0.15, -0.1) is 0 Å². The summed E-state index contributed by atoms with van der Waals surface area (Å²) in [5, 5.41) is 18.3. The Bertz CT molecular complexity index is 944. The van der Waals surface area contributed by atoms with Gasteiger partial charge in [0.15, 0.2) is 0 Å². The quantitative estimate of drug-likeness (QED) is 0.840. The first-order chi connectivity index (χ1) is 12.5. The van der Waals surface area contributed by atoms with Crippen molar-refractivity contribution in [1.82, 2.24) is 4.98 Å². The Morgan fingerprint density at radius 2 is 2.04 bits per heavy atom. The van der Waals surface area contributed by atoms with E-state index in [9.17, 15) is 10.1 Å². The fourth-order valence-corrected chi connectivity index (χ4v) is 3.91. The molecule has 0 saturated carbocycles. The van der Waals surface area contributed by atoms with E-state index in [2.05, 4.69) is 4.98 Å². The number of hydrogen-bond acceptors (Lipinski definition) is 6. The molecular formula is C19H17N5OS. The summed E-state index contributed by atoms with van der Waals surface area (Å²) in [6.45, 7) is 2.47. The first kappa shape index (κ1) is 17.8. The normalized spacial score (nSPS) is 14.0. The van der Waals surface area contributed by atoms with E-state index < -0.39 is 5.25 Å². The molecule has 2 aromatic rings. The molecule has 1 unspecified atom stereocenters. The van der Waals surface area contributed by atoms with Crippen LogP contribution in [-0.4, -0.2) is 22.7 Å². The van der Waals surface area contributed by atoms with Gasteiger partial charge in [-0.05, 0) is 37.5 Å². The van der Waals surface area contributed by atoms with Crippen molar-refractivity contribution >= 4 is 29.2 Å². The molecule has 7 heteroatoms. The summed E-state index contributed by atoms with van der Waals surface area (Å²) < 4.78 is 0. The maximum Gasteiger partial charge on any atom is 0.240 e. The van der Waals surface area contributed by atoms with Gasteiger partial charge in [0.2, 0.25) is 5.91 Å². The van der Waals surface area contributed by atoms with Gasteiger partial charge in [-0.3, -0.25) is 4.79 Å². The number of aryl methyl sites for hydroxylation is 1. The van der Waals surface area contributed by atoms with Crippen LogP contribution in [0.1, 0.15) is 30.0 Å². The summed E-state index contributed by atoms with van der Waals surface area (Å²) in [7, 11) is 0. The third-order valence-electron chi connectivity index (χ3n) is 4.27. The van der Waals surface area contributed by atoms with E-state index in [-0.39, 0.29) is 22.9 Å². The van der Waals surface area contributed by atoms with Gasteiger partial charge in [-0.1, -0.05) is 30.0 Å². The van der Waals surface area contributed by atoms with Crippen LogP contribution in [-0.2, 0) is 11.2 Å². The van der Waals surface area contributed by atoms with E-state index in [4.69, 9.17) is 11.0 Å². The van der Waals surface area contributed by atoms with Gasteiger partial charge < -0.3 is 10.6 Å². The molecule has 1 aliphatic rings. The molecule has 1 atom stereocenters. The predicted molar refractivity (Wildman–Crippen MR) is 101 cm³/mol. The predicted octanol–water partition coefficient (Wildman–Crippen LogP) is 2.87. The van der Waals surface area contributed by atoms with Crippen molar-refractivity contribution in [2.24, 2.45) is 0 Å². The Hall–Kier alpha value is -3.03. The van der Waals surface area contributed by atoms with Gasteiger partial charge >= 0.3 is 0 Å². The second-order valence-corrected chi connectivity index (χ2v) is 7.31. The highest BCUT2D eigenvalue weighted by Gasteiger charge is 2.27. The van der Waals surface area contributed by atoms with Gasteiger partial charge in [0.05, 0.1) is 16.4 Å². The summed E-state index contributed by atoms with van der Waals surface area (Å²) >= 11 is 1.19. The molecule has 2 N–H and O–H groups in total. The Kier molecular flexibility index (Phi) is 5.11. The molecule has 1 aromatic heterocycles. The SMILES string of the molecule is CC(Sc1nc(N)c(C#N)cc1C#N)C(=O)N1CCCc2ccccc21. The number of benzene rings is 1. The first-order valence-corrected chi connectivity index (χ1v) is 9.09. The van der Waals surface area contributed by atoms with E-state index in [1.807, 2.05) is 36.4 Å². The molecule has 1 aromatic carbocycles. The van der Waals surface area contributed by atoms with Gasteiger partial charge in [0.1, 0.15) is 23.0 Å². The second kappa shape index (κ2) is 7.47. The monoisotopic (exact) mass is 363 g/mol. The number of nitriles is 2. The van der Waals surface area contributed by atoms with Crippen molar-refractivity contribution in [3.8, 4) is 12.1 Å². The molecular weight excluding hydrogens is 346 g/mol. The number of thioether (sulfide) groups is 1. The number of amides is 1. The maximum atomic E-state index is 13.0. The minimum absolute atomic E-state index is 0.0317. The van der Waals surface area contributed by atoms with E-state index in [0.29, 0.717) is 11.6 Å². The third-order valence-corrected chi connectivity index (χ3v) is 5.36. The van der Waals surface area contributed by atoms with Crippen molar-refractivity contribution < 1.29 is 4.79 Å². The number of carbonyl (C=O) groups excluding carboxylic acids is 1. The highest BCUT2D eigenvalue weighted by Crippen LogP contribution is 2.32. The van der Waals surface area contributed by atoms with Gasteiger partial charge in [0, 0.05) is 12.2 Å². The number of anilines is 2. The van der Waals surface area contributed by atoms with Crippen LogP contribution < -0.4 is 10.6 Å². The van der Waals surface area contributed by atoms with Crippen LogP contribution in [0.2, 0.25) is 0 Å². The van der Waals surface area contributed by atoms with Crippen molar-refractivity contribution in [3.63, 3.8) is 0 Å². The second-order valence-electron chi connectivity index (χ2n) is 5.98. The number of nitrogen functional groups attached to an aromatic ring is 1. The number of rotatable bonds is 3. The highest BCUT2D eigenvalue weighted by atomic mass is 32.2. The standard InChI is InChI=1S/C19H17N5OS/c1-12(26-18-15(11-21)9-14(10-20)17(22)23-18)19(25)24-8-4-6-13-5-2-3-7-16(13)24/h2-3,5,7,9,12H,4,6,8H2,1H3,(H2,22,23). The van der Waals surface area contributed by atoms with Crippen LogP contribution in [0.3, 0.4) is 0 Å². The van der Waals surface area contributed by atoms with Crippen molar-refractivity contribution in [3.05, 3.63) is 47.0 Å². The molecule has 0 radical (unpaired) electrons. The maximum absolute atomic E-state index is 13.0. The highest BCUT2D eigenvalue weighted by molar-refractivity contribution is 8.00. The molecule has 6 nitrogen and oxygen atoms in total. The number of pyridine rings is 1. The summed E-state index contributed by atoms with van der Waals surface area (Å²) in [5.41, 5.74) is 8.29.